The van der Waals surface area contributed by atoms with Gasteiger partial charge in [0.2, 0.25) is 0 Å². The fourth-order valence-corrected chi connectivity index (χ4v) is 1.62. The highest BCUT2D eigenvalue weighted by Gasteiger charge is 2.16. The molecule has 1 rings (SSSR count). The van der Waals surface area contributed by atoms with E-state index in [0.717, 1.165) is 5.56 Å². The van der Waals surface area contributed by atoms with Crippen LogP contribution in [0.15, 0.2) is 36.0 Å². The molecule has 0 heterocycles. The van der Waals surface area contributed by atoms with Gasteiger partial charge >= 0.3 is 5.97 Å². The lowest BCUT2D eigenvalue weighted by atomic mass is 10.2. The Morgan fingerprint density at radius 2 is 2.06 bits per heavy atom. The highest BCUT2D eigenvalue weighted by Crippen LogP contribution is 2.26. The van der Waals surface area contributed by atoms with Crippen molar-refractivity contribution in [3.8, 4) is 0 Å². The molecule has 0 N–H and O–H groups in total. The SMILES string of the molecule is [C-]#[N+]/C(C(=O)OCC)=C(\Br)c1ccccc1. The zero-order valence-corrected chi connectivity index (χ0v) is 10.3. The van der Waals surface area contributed by atoms with Gasteiger partial charge in [-0.15, -0.1) is 0 Å². The number of esters is 1. The summed E-state index contributed by atoms with van der Waals surface area (Å²) in [5.41, 5.74) is 0.745. The van der Waals surface area contributed by atoms with E-state index in [1.54, 1.807) is 6.92 Å². The van der Waals surface area contributed by atoms with Crippen molar-refractivity contribution in [1.29, 1.82) is 0 Å². The van der Waals surface area contributed by atoms with Crippen molar-refractivity contribution in [2.75, 3.05) is 6.61 Å². The number of ether oxygens (including phenoxy) is 1. The number of hydrogen-bond donors (Lipinski definition) is 0. The molecule has 0 aliphatic rings. The first kappa shape index (κ1) is 12.5. The molecular formula is C12H10BrNO2. The molecule has 16 heavy (non-hydrogen) atoms. The van der Waals surface area contributed by atoms with Gasteiger partial charge < -0.3 is 4.74 Å². The van der Waals surface area contributed by atoms with Crippen LogP contribution in [0.2, 0.25) is 0 Å². The number of rotatable bonds is 3. The van der Waals surface area contributed by atoms with Crippen LogP contribution in [0.25, 0.3) is 9.33 Å². The minimum Gasteiger partial charge on any atom is -0.471 e. The predicted octanol–water partition coefficient (Wildman–Crippen LogP) is 3.23. The number of benzene rings is 1. The van der Waals surface area contributed by atoms with Crippen molar-refractivity contribution in [3.05, 3.63) is 53.0 Å². The fraction of sp³-hybridized carbons (Fsp3) is 0.167. The third kappa shape index (κ3) is 2.94. The minimum atomic E-state index is -0.603. The maximum atomic E-state index is 11.5. The Bertz CT molecular complexity index is 446. The van der Waals surface area contributed by atoms with Crippen LogP contribution < -0.4 is 0 Å². The minimum absolute atomic E-state index is 0.0342. The first-order valence-corrected chi connectivity index (χ1v) is 5.49. The molecule has 0 spiro atoms. The zero-order chi connectivity index (χ0) is 12.0. The van der Waals surface area contributed by atoms with Crippen LogP contribution >= 0.6 is 15.9 Å². The molecule has 0 bridgehead atoms. The van der Waals surface area contributed by atoms with Crippen molar-refractivity contribution >= 4 is 26.4 Å². The monoisotopic (exact) mass is 279 g/mol. The molecule has 0 aliphatic carbocycles. The second-order valence-corrected chi connectivity index (χ2v) is 3.65. The van der Waals surface area contributed by atoms with E-state index in [0.29, 0.717) is 4.48 Å². The van der Waals surface area contributed by atoms with E-state index in [4.69, 9.17) is 11.3 Å². The highest BCUT2D eigenvalue weighted by atomic mass is 79.9. The summed E-state index contributed by atoms with van der Waals surface area (Å²) in [6.45, 7) is 8.95. The number of nitrogens with zero attached hydrogens (tertiary/aromatic N) is 1. The summed E-state index contributed by atoms with van der Waals surface area (Å²) in [7, 11) is 0. The van der Waals surface area contributed by atoms with Gasteiger partial charge in [0.25, 0.3) is 5.70 Å². The lowest BCUT2D eigenvalue weighted by Gasteiger charge is -2.04. The number of carbonyl (C=O) groups excluding carboxylic acids is 1. The average Bonchev–Trinajstić information content (AvgIpc) is 2.31. The van der Waals surface area contributed by atoms with Gasteiger partial charge in [-0.1, -0.05) is 46.3 Å². The summed E-state index contributed by atoms with van der Waals surface area (Å²) < 4.78 is 5.26. The maximum absolute atomic E-state index is 11.5. The van der Waals surface area contributed by atoms with Gasteiger partial charge in [0.1, 0.15) is 0 Å². The largest absolute Gasteiger partial charge is 0.471 e. The molecule has 0 radical (unpaired) electrons. The molecule has 0 saturated carbocycles. The van der Waals surface area contributed by atoms with Gasteiger partial charge in [0, 0.05) is 4.48 Å². The van der Waals surface area contributed by atoms with E-state index in [1.807, 2.05) is 30.3 Å². The Kier molecular flexibility index (Phi) is 4.74. The molecule has 0 atom stereocenters. The van der Waals surface area contributed by atoms with E-state index in [-0.39, 0.29) is 12.3 Å². The molecule has 82 valence electrons. The molecule has 0 saturated heterocycles. The van der Waals surface area contributed by atoms with Crippen molar-refractivity contribution in [2.45, 2.75) is 6.92 Å². The van der Waals surface area contributed by atoms with Crippen LogP contribution in [0, 0.1) is 6.57 Å². The van der Waals surface area contributed by atoms with Gasteiger partial charge in [-0.05, 0) is 12.5 Å². The number of halogens is 1. The van der Waals surface area contributed by atoms with Crippen molar-refractivity contribution in [1.82, 2.24) is 0 Å². The number of hydrogen-bond acceptors (Lipinski definition) is 2. The smallest absolute Gasteiger partial charge is 0.337 e. The Hall–Kier alpha value is -1.60. The normalized spacial score (nSPS) is 11.3. The summed E-state index contributed by atoms with van der Waals surface area (Å²) in [5.74, 6) is -0.603. The number of carbonyl (C=O) groups is 1. The van der Waals surface area contributed by atoms with Crippen LogP contribution in [0.1, 0.15) is 12.5 Å². The molecule has 0 unspecified atom stereocenters. The summed E-state index contributed by atoms with van der Waals surface area (Å²) >= 11 is 3.25. The van der Waals surface area contributed by atoms with Crippen molar-refractivity contribution < 1.29 is 9.53 Å². The quantitative estimate of drug-likeness (QED) is 0.483. The molecule has 4 heteroatoms. The Balaban J connectivity index is 3.11. The van der Waals surface area contributed by atoms with Crippen molar-refractivity contribution in [2.24, 2.45) is 0 Å². The molecule has 0 aliphatic heterocycles. The maximum Gasteiger partial charge on any atom is 0.337 e. The lowest BCUT2D eigenvalue weighted by molar-refractivity contribution is -0.138. The second kappa shape index (κ2) is 6.09. The van der Waals surface area contributed by atoms with Crippen LogP contribution in [0.4, 0.5) is 0 Å². The Morgan fingerprint density at radius 3 is 2.56 bits per heavy atom. The van der Waals surface area contributed by atoms with E-state index in [9.17, 15) is 4.79 Å². The molecule has 3 nitrogen and oxygen atoms in total. The molecular weight excluding hydrogens is 270 g/mol. The van der Waals surface area contributed by atoms with E-state index < -0.39 is 5.97 Å². The molecule has 1 aromatic rings. The standard InChI is InChI=1S/C12H10BrNO2/c1-3-16-12(15)11(14-2)10(13)9-7-5-4-6-8-9/h4-8H,3H2,1H3/b11-10-. The van der Waals surface area contributed by atoms with Gasteiger partial charge in [-0.25, -0.2) is 4.85 Å². The molecule has 0 amide bonds. The molecule has 0 aromatic heterocycles. The third-order valence-corrected chi connectivity index (χ3v) is 2.65. The van der Waals surface area contributed by atoms with Gasteiger partial charge in [0.05, 0.1) is 13.2 Å². The summed E-state index contributed by atoms with van der Waals surface area (Å²) in [5, 5.41) is 0. The average molecular weight is 280 g/mol. The van der Waals surface area contributed by atoms with E-state index >= 15 is 0 Å². The van der Waals surface area contributed by atoms with E-state index in [1.165, 1.54) is 0 Å². The van der Waals surface area contributed by atoms with Gasteiger partial charge in [-0.3, -0.25) is 4.79 Å². The van der Waals surface area contributed by atoms with Gasteiger partial charge in [0.15, 0.2) is 0 Å². The van der Waals surface area contributed by atoms with Gasteiger partial charge in [-0.2, -0.15) is 0 Å². The molecule has 0 fully saturated rings. The van der Waals surface area contributed by atoms with Crippen LogP contribution in [0.3, 0.4) is 0 Å². The third-order valence-electron chi connectivity index (χ3n) is 1.82. The first-order valence-electron chi connectivity index (χ1n) is 4.70. The van der Waals surface area contributed by atoms with Crippen molar-refractivity contribution in [3.63, 3.8) is 0 Å². The van der Waals surface area contributed by atoms with Crippen LogP contribution in [-0.2, 0) is 9.53 Å². The summed E-state index contributed by atoms with van der Waals surface area (Å²) in [6.07, 6.45) is 0. The Labute approximate surface area is 103 Å². The van der Waals surface area contributed by atoms with Crippen LogP contribution in [-0.4, -0.2) is 12.6 Å². The Morgan fingerprint density at radius 1 is 1.44 bits per heavy atom. The van der Waals surface area contributed by atoms with Crippen LogP contribution in [0.5, 0.6) is 0 Å². The summed E-state index contributed by atoms with van der Waals surface area (Å²) in [4.78, 5) is 14.7. The highest BCUT2D eigenvalue weighted by molar-refractivity contribution is 9.15. The first-order chi connectivity index (χ1) is 7.70. The fourth-order valence-electron chi connectivity index (χ4n) is 1.10. The second-order valence-electron chi connectivity index (χ2n) is 2.86. The zero-order valence-electron chi connectivity index (χ0n) is 8.74. The lowest BCUT2D eigenvalue weighted by Crippen LogP contribution is -2.06. The molecule has 1 aromatic carbocycles. The topological polar surface area (TPSA) is 30.7 Å². The van der Waals surface area contributed by atoms with E-state index in [2.05, 4.69) is 20.8 Å². The summed E-state index contributed by atoms with van der Waals surface area (Å²) in [6, 6.07) is 9.17. The predicted molar refractivity (Wildman–Crippen MR) is 65.5 cm³/mol.